The summed E-state index contributed by atoms with van der Waals surface area (Å²) in [6.45, 7) is 26.2. The smallest absolute Gasteiger partial charge is 0.249 e. The summed E-state index contributed by atoms with van der Waals surface area (Å²) in [7, 11) is 0. The van der Waals surface area contributed by atoms with E-state index in [1.165, 1.54) is 39.3 Å². The van der Waals surface area contributed by atoms with Gasteiger partial charge in [-0.25, -0.2) is 9.48 Å². The lowest BCUT2D eigenvalue weighted by molar-refractivity contribution is -0.640. The third-order valence-electron chi connectivity index (χ3n) is 8.59. The molecule has 2 aromatic rings. The first-order chi connectivity index (χ1) is 14.3. The van der Waals surface area contributed by atoms with Crippen LogP contribution in [-0.2, 0) is 11.0 Å². The summed E-state index contributed by atoms with van der Waals surface area (Å²) in [5.74, 6) is 1.88. The van der Waals surface area contributed by atoms with Gasteiger partial charge in [0, 0.05) is 11.0 Å². The van der Waals surface area contributed by atoms with E-state index >= 15 is 0 Å². The van der Waals surface area contributed by atoms with Gasteiger partial charge in [-0.3, -0.25) is 0 Å². The molecule has 0 unspecified atom stereocenters. The Morgan fingerprint density at radius 3 is 1.81 bits per heavy atom. The van der Waals surface area contributed by atoms with Crippen molar-refractivity contribution in [2.24, 2.45) is 5.92 Å². The Morgan fingerprint density at radius 1 is 0.806 bits per heavy atom. The van der Waals surface area contributed by atoms with Gasteiger partial charge < -0.3 is 0 Å². The SMILES string of the molecule is Cc1cc(C)c(N2C(C(C)C)=[N+](C(C)C)[C@]3(C)c4ccccc4C(C)(C)[C@]23C)c(C)c1. The second-order valence-electron chi connectivity index (χ2n) is 11.4. The van der Waals surface area contributed by atoms with Crippen LogP contribution in [0.1, 0.15) is 83.2 Å². The van der Waals surface area contributed by atoms with E-state index in [2.05, 4.69) is 122 Å². The highest BCUT2D eigenvalue weighted by atomic mass is 15.4. The molecule has 0 radical (unpaired) electrons. The van der Waals surface area contributed by atoms with Crippen LogP contribution in [0.15, 0.2) is 36.4 Å². The van der Waals surface area contributed by atoms with Crippen molar-refractivity contribution in [3.05, 3.63) is 64.2 Å². The minimum atomic E-state index is -0.127. The van der Waals surface area contributed by atoms with Gasteiger partial charge in [-0.15, -0.1) is 0 Å². The number of nitrogens with zero attached hydrogens (tertiary/aromatic N) is 2. The maximum absolute atomic E-state index is 2.77. The Morgan fingerprint density at radius 2 is 1.32 bits per heavy atom. The van der Waals surface area contributed by atoms with E-state index in [1.54, 1.807) is 0 Å². The molecule has 2 nitrogen and oxygen atoms in total. The second kappa shape index (κ2) is 6.70. The molecule has 1 aliphatic heterocycles. The number of hydrogen-bond acceptors (Lipinski definition) is 1. The molecule has 0 fully saturated rings. The highest BCUT2D eigenvalue weighted by molar-refractivity contribution is 6.01. The van der Waals surface area contributed by atoms with Crippen molar-refractivity contribution >= 4 is 11.5 Å². The van der Waals surface area contributed by atoms with Gasteiger partial charge in [0.2, 0.25) is 0 Å². The van der Waals surface area contributed by atoms with E-state index in [9.17, 15) is 0 Å². The summed E-state index contributed by atoms with van der Waals surface area (Å²) in [5, 5.41) is 0. The molecule has 2 aliphatic rings. The highest BCUT2D eigenvalue weighted by Gasteiger charge is 2.77. The monoisotopic (exact) mass is 417 g/mol. The van der Waals surface area contributed by atoms with Crippen molar-refractivity contribution in [2.45, 2.75) is 98.7 Å². The van der Waals surface area contributed by atoms with E-state index in [0.29, 0.717) is 12.0 Å². The first kappa shape index (κ1) is 22.1. The number of anilines is 1. The van der Waals surface area contributed by atoms with E-state index < -0.39 is 0 Å². The lowest BCUT2D eigenvalue weighted by Crippen LogP contribution is -2.63. The molecule has 0 spiro atoms. The van der Waals surface area contributed by atoms with Crippen LogP contribution in [0.25, 0.3) is 0 Å². The minimum Gasteiger partial charge on any atom is -0.249 e. The van der Waals surface area contributed by atoms with Crippen molar-refractivity contribution in [1.82, 2.24) is 0 Å². The molecule has 0 aromatic heterocycles. The molecular formula is C29H41N2+. The maximum atomic E-state index is 2.77. The lowest BCUT2D eigenvalue weighted by Gasteiger charge is -2.45. The third-order valence-corrected chi connectivity index (χ3v) is 8.59. The molecular weight excluding hydrogens is 376 g/mol. The summed E-state index contributed by atoms with van der Waals surface area (Å²) >= 11 is 0. The molecule has 0 N–H and O–H groups in total. The number of amidine groups is 1. The summed E-state index contributed by atoms with van der Waals surface area (Å²) in [5.41, 5.74) is 8.18. The van der Waals surface area contributed by atoms with Crippen LogP contribution in [0.3, 0.4) is 0 Å². The Kier molecular flexibility index (Phi) is 4.78. The summed E-state index contributed by atoms with van der Waals surface area (Å²) < 4.78 is 2.75. The number of hydrogen-bond donors (Lipinski definition) is 0. The van der Waals surface area contributed by atoms with Crippen LogP contribution < -0.4 is 4.90 Å². The van der Waals surface area contributed by atoms with E-state index in [1.807, 2.05) is 0 Å². The topological polar surface area (TPSA) is 6.25 Å². The van der Waals surface area contributed by atoms with Gasteiger partial charge in [-0.05, 0) is 65.2 Å². The van der Waals surface area contributed by atoms with Gasteiger partial charge in [0.1, 0.15) is 5.69 Å². The van der Waals surface area contributed by atoms with Crippen LogP contribution in [0.5, 0.6) is 0 Å². The van der Waals surface area contributed by atoms with Crippen LogP contribution in [0.2, 0.25) is 0 Å². The normalized spacial score (nSPS) is 26.8. The number of fused-ring (bicyclic) bond motifs is 3. The predicted octanol–water partition coefficient (Wildman–Crippen LogP) is 6.87. The molecule has 0 saturated heterocycles. The fraction of sp³-hybridized carbons (Fsp3) is 0.552. The van der Waals surface area contributed by atoms with Gasteiger partial charge >= 0.3 is 0 Å². The Hall–Kier alpha value is -2.09. The van der Waals surface area contributed by atoms with E-state index in [0.717, 1.165) is 0 Å². The average molecular weight is 418 g/mol. The van der Waals surface area contributed by atoms with Gasteiger partial charge in [0.25, 0.3) is 5.84 Å². The van der Waals surface area contributed by atoms with Crippen molar-refractivity contribution in [2.75, 3.05) is 4.90 Å². The van der Waals surface area contributed by atoms with Crippen molar-refractivity contribution < 1.29 is 4.58 Å². The standard InChI is InChI=1S/C29H41N2/c1-18(2)26-30(19(3)4)28(10)24-15-13-12-14-23(24)27(8,9)29(28,11)31(26)25-21(6)16-20(5)17-22(25)7/h12-19H,1-11H3/q+1/t28-,29+/m1/s1. The van der Waals surface area contributed by atoms with E-state index in [4.69, 9.17) is 0 Å². The largest absolute Gasteiger partial charge is 0.256 e. The lowest BCUT2D eigenvalue weighted by atomic mass is 9.66. The van der Waals surface area contributed by atoms with Crippen LogP contribution in [-0.4, -0.2) is 22.0 Å². The quantitative estimate of drug-likeness (QED) is 0.494. The van der Waals surface area contributed by atoms with Gasteiger partial charge in [-0.1, -0.05) is 69.7 Å². The predicted molar refractivity (Wildman–Crippen MR) is 134 cm³/mol. The molecule has 0 amide bonds. The Labute approximate surface area is 190 Å². The van der Waals surface area contributed by atoms with Gasteiger partial charge in [-0.2, -0.15) is 0 Å². The van der Waals surface area contributed by atoms with Crippen molar-refractivity contribution in [3.8, 4) is 0 Å². The van der Waals surface area contributed by atoms with Gasteiger partial charge in [0.15, 0.2) is 11.1 Å². The van der Waals surface area contributed by atoms with Crippen LogP contribution in [0, 0.1) is 26.7 Å². The molecule has 0 saturated carbocycles. The molecule has 1 heterocycles. The first-order valence-corrected chi connectivity index (χ1v) is 12.0. The number of aryl methyl sites for hydroxylation is 3. The summed E-state index contributed by atoms with van der Waals surface area (Å²) in [6, 6.07) is 14.3. The van der Waals surface area contributed by atoms with Crippen LogP contribution in [0.4, 0.5) is 5.69 Å². The molecule has 31 heavy (non-hydrogen) atoms. The van der Waals surface area contributed by atoms with Crippen molar-refractivity contribution in [3.63, 3.8) is 0 Å². The van der Waals surface area contributed by atoms with Crippen molar-refractivity contribution in [1.29, 1.82) is 0 Å². The molecule has 166 valence electrons. The Bertz CT molecular complexity index is 1060. The summed E-state index contributed by atoms with van der Waals surface area (Å²) in [4.78, 5) is 2.77. The molecule has 0 bridgehead atoms. The fourth-order valence-electron chi connectivity index (χ4n) is 7.19. The van der Waals surface area contributed by atoms with Gasteiger partial charge in [0.05, 0.1) is 12.0 Å². The highest BCUT2D eigenvalue weighted by Crippen LogP contribution is 2.63. The molecule has 1 aliphatic carbocycles. The first-order valence-electron chi connectivity index (χ1n) is 12.0. The number of benzene rings is 2. The van der Waals surface area contributed by atoms with Crippen LogP contribution >= 0.6 is 0 Å². The second-order valence-corrected chi connectivity index (χ2v) is 11.4. The zero-order chi connectivity index (χ0) is 23.1. The summed E-state index contributed by atoms with van der Waals surface area (Å²) in [6.07, 6.45) is 0. The minimum absolute atomic E-state index is 0.0219. The molecule has 2 aromatic carbocycles. The molecule has 2 atom stereocenters. The average Bonchev–Trinajstić information content (AvgIpc) is 2.95. The Balaban J connectivity index is 2.20. The third kappa shape index (κ3) is 2.48. The molecule has 2 heteroatoms. The zero-order valence-electron chi connectivity index (χ0n) is 21.5. The number of rotatable bonds is 3. The fourth-order valence-corrected chi connectivity index (χ4v) is 7.19. The maximum Gasteiger partial charge on any atom is 0.256 e. The molecule has 4 rings (SSSR count). The van der Waals surface area contributed by atoms with E-state index in [-0.39, 0.29) is 16.5 Å². The zero-order valence-corrected chi connectivity index (χ0v) is 21.5.